The molecular weight excluding hydrogens is 156 g/mol. The highest BCUT2D eigenvalue weighted by Gasteiger charge is 2.34. The topological polar surface area (TPSA) is 60.7 Å². The summed E-state index contributed by atoms with van der Waals surface area (Å²) in [6.07, 6.45) is 1.50. The summed E-state index contributed by atoms with van der Waals surface area (Å²) in [4.78, 5) is 0. The van der Waals surface area contributed by atoms with Crippen LogP contribution < -0.4 is 0 Å². The fourth-order valence-electron chi connectivity index (χ4n) is 1.30. The average Bonchev–Trinajstić information content (AvgIpc) is 2.09. The molecule has 0 radical (unpaired) electrons. The maximum atomic E-state index is 9.64. The first-order chi connectivity index (χ1) is 5.66. The molecule has 0 fully saturated rings. The molecule has 0 aliphatic carbocycles. The van der Waals surface area contributed by atoms with E-state index >= 15 is 0 Å². The van der Waals surface area contributed by atoms with Gasteiger partial charge in [0, 0.05) is 5.41 Å². The molecule has 12 heavy (non-hydrogen) atoms. The fraction of sp³-hybridized carbons (Fsp3) is 1.00. The molecule has 0 amide bonds. The minimum absolute atomic E-state index is 0.152. The number of aliphatic hydroxyl groups is 3. The third-order valence-corrected chi connectivity index (χ3v) is 2.60. The van der Waals surface area contributed by atoms with Crippen molar-refractivity contribution in [2.24, 2.45) is 5.41 Å². The van der Waals surface area contributed by atoms with E-state index in [9.17, 15) is 5.11 Å². The van der Waals surface area contributed by atoms with Crippen LogP contribution in [0.25, 0.3) is 0 Å². The van der Waals surface area contributed by atoms with Crippen LogP contribution in [0.2, 0.25) is 0 Å². The molecule has 74 valence electrons. The van der Waals surface area contributed by atoms with Crippen LogP contribution in [0.1, 0.15) is 33.1 Å². The summed E-state index contributed by atoms with van der Waals surface area (Å²) in [6, 6.07) is 0. The molecule has 0 aromatic heterocycles. The van der Waals surface area contributed by atoms with Crippen molar-refractivity contribution in [1.82, 2.24) is 0 Å². The summed E-state index contributed by atoms with van der Waals surface area (Å²) in [6.45, 7) is 3.53. The number of hydrogen-bond donors (Lipinski definition) is 3. The Labute approximate surface area is 74.0 Å². The maximum Gasteiger partial charge on any atom is 0.0640 e. The van der Waals surface area contributed by atoms with Gasteiger partial charge in [-0.3, -0.25) is 0 Å². The van der Waals surface area contributed by atoms with Gasteiger partial charge in [0.25, 0.3) is 0 Å². The minimum atomic E-state index is -0.698. The van der Waals surface area contributed by atoms with Crippen molar-refractivity contribution < 1.29 is 15.3 Å². The van der Waals surface area contributed by atoms with Crippen molar-refractivity contribution in [2.75, 3.05) is 13.2 Å². The third kappa shape index (κ3) is 2.44. The van der Waals surface area contributed by atoms with Crippen LogP contribution in [0.4, 0.5) is 0 Å². The first-order valence-corrected chi connectivity index (χ1v) is 4.56. The van der Waals surface area contributed by atoms with Crippen LogP contribution in [0, 0.1) is 5.41 Å². The Balaban J connectivity index is 4.24. The smallest absolute Gasteiger partial charge is 0.0640 e. The van der Waals surface area contributed by atoms with Gasteiger partial charge in [-0.1, -0.05) is 20.3 Å². The van der Waals surface area contributed by atoms with E-state index in [4.69, 9.17) is 10.2 Å². The zero-order valence-electron chi connectivity index (χ0n) is 7.95. The lowest BCUT2D eigenvalue weighted by atomic mass is 9.79. The van der Waals surface area contributed by atoms with E-state index in [1.807, 2.05) is 13.8 Å². The fourth-order valence-corrected chi connectivity index (χ4v) is 1.30. The van der Waals surface area contributed by atoms with Gasteiger partial charge in [-0.15, -0.1) is 0 Å². The Morgan fingerprint density at radius 2 is 1.67 bits per heavy atom. The predicted molar refractivity (Wildman–Crippen MR) is 47.8 cm³/mol. The average molecular weight is 176 g/mol. The monoisotopic (exact) mass is 176 g/mol. The quantitative estimate of drug-likeness (QED) is 0.553. The maximum absolute atomic E-state index is 9.64. The van der Waals surface area contributed by atoms with Gasteiger partial charge in [0.2, 0.25) is 0 Å². The predicted octanol–water partition coefficient (Wildman–Crippen LogP) is 0.528. The summed E-state index contributed by atoms with van der Waals surface area (Å²) in [5, 5.41) is 27.7. The number of aliphatic hydroxyl groups excluding tert-OH is 3. The Kier molecular flexibility index (Phi) is 5.46. The highest BCUT2D eigenvalue weighted by Crippen LogP contribution is 2.27. The van der Waals surface area contributed by atoms with Crippen molar-refractivity contribution in [2.45, 2.75) is 39.2 Å². The molecule has 0 aliphatic rings. The molecule has 3 nitrogen and oxygen atoms in total. The number of hydrogen-bond acceptors (Lipinski definition) is 3. The molecule has 0 bridgehead atoms. The molecule has 3 N–H and O–H groups in total. The highest BCUT2D eigenvalue weighted by molar-refractivity contribution is 4.83. The van der Waals surface area contributed by atoms with E-state index in [1.54, 1.807) is 0 Å². The van der Waals surface area contributed by atoms with Gasteiger partial charge in [-0.2, -0.15) is 0 Å². The molecule has 0 heterocycles. The summed E-state index contributed by atoms with van der Waals surface area (Å²) in [5.74, 6) is 0. The summed E-state index contributed by atoms with van der Waals surface area (Å²) in [7, 11) is 0. The normalized spacial score (nSPS) is 14.8. The zero-order chi connectivity index (χ0) is 9.61. The lowest BCUT2D eigenvalue weighted by Crippen LogP contribution is -2.41. The lowest BCUT2D eigenvalue weighted by Gasteiger charge is -2.33. The van der Waals surface area contributed by atoms with Crippen molar-refractivity contribution in [1.29, 1.82) is 0 Å². The van der Waals surface area contributed by atoms with E-state index in [0.717, 1.165) is 6.42 Å². The minimum Gasteiger partial charge on any atom is -0.396 e. The first kappa shape index (κ1) is 11.9. The molecular formula is C9H20O3. The number of rotatable bonds is 6. The second-order valence-corrected chi connectivity index (χ2v) is 3.34. The van der Waals surface area contributed by atoms with Gasteiger partial charge in [-0.25, -0.2) is 0 Å². The van der Waals surface area contributed by atoms with Crippen LogP contribution in [-0.2, 0) is 0 Å². The Hall–Kier alpha value is -0.120. The van der Waals surface area contributed by atoms with Crippen molar-refractivity contribution in [3.63, 3.8) is 0 Å². The van der Waals surface area contributed by atoms with Gasteiger partial charge >= 0.3 is 0 Å². The van der Waals surface area contributed by atoms with E-state index in [2.05, 4.69) is 0 Å². The summed E-state index contributed by atoms with van der Waals surface area (Å²) >= 11 is 0. The van der Waals surface area contributed by atoms with Gasteiger partial charge < -0.3 is 15.3 Å². The van der Waals surface area contributed by atoms with Crippen LogP contribution in [0.5, 0.6) is 0 Å². The molecule has 0 spiro atoms. The van der Waals surface area contributed by atoms with Gasteiger partial charge in [0.1, 0.15) is 0 Å². The van der Waals surface area contributed by atoms with Crippen molar-refractivity contribution >= 4 is 0 Å². The van der Waals surface area contributed by atoms with Crippen molar-refractivity contribution in [3.05, 3.63) is 0 Å². The van der Waals surface area contributed by atoms with Crippen LogP contribution in [0.15, 0.2) is 0 Å². The second kappa shape index (κ2) is 5.51. The van der Waals surface area contributed by atoms with E-state index in [1.165, 1.54) is 0 Å². The molecule has 0 rings (SSSR count). The molecule has 0 saturated carbocycles. The van der Waals surface area contributed by atoms with Crippen LogP contribution in [0.3, 0.4) is 0 Å². The SMILES string of the molecule is CCCC(O)C(CC)(CO)CO. The molecule has 0 saturated heterocycles. The molecule has 0 aromatic rings. The Morgan fingerprint density at radius 1 is 1.17 bits per heavy atom. The molecule has 1 unspecified atom stereocenters. The van der Waals surface area contributed by atoms with Gasteiger partial charge in [0.05, 0.1) is 19.3 Å². The zero-order valence-corrected chi connectivity index (χ0v) is 7.95. The molecule has 3 heteroatoms. The Bertz CT molecular complexity index is 102. The van der Waals surface area contributed by atoms with Crippen LogP contribution >= 0.6 is 0 Å². The Morgan fingerprint density at radius 3 is 1.92 bits per heavy atom. The third-order valence-electron chi connectivity index (χ3n) is 2.60. The summed E-state index contributed by atoms with van der Waals surface area (Å²) < 4.78 is 0. The second-order valence-electron chi connectivity index (χ2n) is 3.34. The van der Waals surface area contributed by atoms with Crippen LogP contribution in [-0.4, -0.2) is 34.6 Å². The van der Waals surface area contributed by atoms with Gasteiger partial charge in [0.15, 0.2) is 0 Å². The van der Waals surface area contributed by atoms with E-state index in [-0.39, 0.29) is 13.2 Å². The van der Waals surface area contributed by atoms with Gasteiger partial charge in [-0.05, 0) is 12.8 Å². The summed E-state index contributed by atoms with van der Waals surface area (Å²) in [5.41, 5.74) is -0.698. The van der Waals surface area contributed by atoms with E-state index in [0.29, 0.717) is 12.8 Å². The van der Waals surface area contributed by atoms with E-state index < -0.39 is 11.5 Å². The largest absolute Gasteiger partial charge is 0.396 e. The highest BCUT2D eigenvalue weighted by atomic mass is 16.3. The molecule has 0 aromatic carbocycles. The molecule has 1 atom stereocenters. The lowest BCUT2D eigenvalue weighted by molar-refractivity contribution is -0.0590. The molecule has 0 aliphatic heterocycles. The first-order valence-electron chi connectivity index (χ1n) is 4.56. The standard InChI is InChI=1S/C9H20O3/c1-3-5-8(12)9(4-2,6-10)7-11/h8,10-12H,3-7H2,1-2H3. The van der Waals surface area contributed by atoms with Crippen molar-refractivity contribution in [3.8, 4) is 0 Å².